The topological polar surface area (TPSA) is 95.6 Å². The van der Waals surface area contributed by atoms with Crippen molar-refractivity contribution in [2.45, 2.75) is 50.0 Å². The zero-order valence-corrected chi connectivity index (χ0v) is 19.4. The summed E-state index contributed by atoms with van der Waals surface area (Å²) in [7, 11) is -3.80. The summed E-state index contributed by atoms with van der Waals surface area (Å²) >= 11 is 1.56. The van der Waals surface area contributed by atoms with Gasteiger partial charge >= 0.3 is 0 Å². The average molecular weight is 456 g/mol. The van der Waals surface area contributed by atoms with Gasteiger partial charge in [0.25, 0.3) is 0 Å². The van der Waals surface area contributed by atoms with E-state index in [-0.39, 0.29) is 22.6 Å². The van der Waals surface area contributed by atoms with E-state index in [0.29, 0.717) is 31.8 Å². The van der Waals surface area contributed by atoms with E-state index in [1.54, 1.807) is 34.9 Å². The molecular weight excluding hydrogens is 422 g/mol. The van der Waals surface area contributed by atoms with Gasteiger partial charge in [0.2, 0.25) is 21.8 Å². The number of hydrogen-bond acceptors (Lipinski definition) is 5. The molecule has 1 aliphatic heterocycles. The minimum atomic E-state index is -3.80. The molecule has 7 nitrogen and oxygen atoms in total. The number of thioether (sulfide) groups is 1. The molecule has 1 aromatic rings. The lowest BCUT2D eigenvalue weighted by Crippen LogP contribution is -2.53. The molecule has 2 amide bonds. The Hall–Kier alpha value is -1.58. The Morgan fingerprint density at radius 1 is 1.27 bits per heavy atom. The smallest absolute Gasteiger partial charge is 0.241 e. The van der Waals surface area contributed by atoms with Crippen molar-refractivity contribution in [3.05, 3.63) is 30.3 Å². The summed E-state index contributed by atoms with van der Waals surface area (Å²) in [6.45, 7) is 3.59. The van der Waals surface area contributed by atoms with Gasteiger partial charge in [-0.1, -0.05) is 31.5 Å². The minimum Gasteiger partial charge on any atom is -0.356 e. The molecule has 2 rings (SSSR count). The highest BCUT2D eigenvalue weighted by Gasteiger charge is 2.33. The Morgan fingerprint density at radius 3 is 2.67 bits per heavy atom. The molecule has 1 aliphatic rings. The van der Waals surface area contributed by atoms with E-state index in [1.807, 2.05) is 6.26 Å². The van der Waals surface area contributed by atoms with Gasteiger partial charge in [0.1, 0.15) is 6.04 Å². The van der Waals surface area contributed by atoms with E-state index in [1.165, 1.54) is 12.1 Å². The highest BCUT2D eigenvalue weighted by molar-refractivity contribution is 7.98. The molecule has 0 saturated carbocycles. The van der Waals surface area contributed by atoms with Gasteiger partial charge in [-0.2, -0.15) is 16.5 Å². The van der Waals surface area contributed by atoms with Crippen molar-refractivity contribution in [3.63, 3.8) is 0 Å². The van der Waals surface area contributed by atoms with Gasteiger partial charge in [-0.3, -0.25) is 9.59 Å². The molecule has 0 spiro atoms. The SMILES string of the molecule is CCCCNC(=O)C1CCCN(C(=O)C(CCSC)NS(=O)(=O)c2ccccc2)C1. The van der Waals surface area contributed by atoms with Crippen LogP contribution < -0.4 is 10.0 Å². The Labute approximate surface area is 184 Å². The second-order valence-corrected chi connectivity index (χ2v) is 10.2. The van der Waals surface area contributed by atoms with Crippen LogP contribution in [0.3, 0.4) is 0 Å². The number of unbranched alkanes of at least 4 members (excludes halogenated alkanes) is 1. The Morgan fingerprint density at radius 2 is 2.00 bits per heavy atom. The van der Waals surface area contributed by atoms with Gasteiger partial charge in [-0.15, -0.1) is 0 Å². The van der Waals surface area contributed by atoms with Crippen LogP contribution in [0.4, 0.5) is 0 Å². The maximum absolute atomic E-state index is 13.2. The number of carbonyl (C=O) groups excluding carboxylic acids is 2. The van der Waals surface area contributed by atoms with E-state index >= 15 is 0 Å². The molecule has 1 heterocycles. The van der Waals surface area contributed by atoms with Crippen molar-refractivity contribution in [2.24, 2.45) is 5.92 Å². The zero-order chi connectivity index (χ0) is 22.0. The lowest BCUT2D eigenvalue weighted by atomic mass is 9.96. The molecule has 0 radical (unpaired) electrons. The monoisotopic (exact) mass is 455 g/mol. The van der Waals surface area contributed by atoms with E-state index in [4.69, 9.17) is 0 Å². The summed E-state index contributed by atoms with van der Waals surface area (Å²) in [6.07, 6.45) is 5.74. The van der Waals surface area contributed by atoms with Crippen LogP contribution in [-0.4, -0.2) is 62.8 Å². The number of rotatable bonds is 11. The van der Waals surface area contributed by atoms with Crippen LogP contribution in [0, 0.1) is 5.92 Å². The van der Waals surface area contributed by atoms with Gasteiger partial charge in [0, 0.05) is 19.6 Å². The van der Waals surface area contributed by atoms with E-state index in [0.717, 1.165) is 25.7 Å². The first kappa shape index (κ1) is 24.7. The number of nitrogens with one attached hydrogen (secondary N) is 2. The first-order valence-electron chi connectivity index (χ1n) is 10.5. The third-order valence-electron chi connectivity index (χ3n) is 5.19. The maximum Gasteiger partial charge on any atom is 0.241 e. The van der Waals surface area contributed by atoms with Crippen molar-refractivity contribution in [3.8, 4) is 0 Å². The largest absolute Gasteiger partial charge is 0.356 e. The first-order valence-corrected chi connectivity index (χ1v) is 13.4. The van der Waals surface area contributed by atoms with Crippen LogP contribution >= 0.6 is 11.8 Å². The lowest BCUT2D eigenvalue weighted by Gasteiger charge is -2.34. The highest BCUT2D eigenvalue weighted by atomic mass is 32.2. The summed E-state index contributed by atoms with van der Waals surface area (Å²) in [5.74, 6) is 0.134. The molecule has 168 valence electrons. The maximum atomic E-state index is 13.2. The molecule has 9 heteroatoms. The summed E-state index contributed by atoms with van der Waals surface area (Å²) in [4.78, 5) is 27.4. The Bertz CT molecular complexity index is 787. The summed E-state index contributed by atoms with van der Waals surface area (Å²) in [5.41, 5.74) is 0. The molecule has 1 fully saturated rings. The van der Waals surface area contributed by atoms with Crippen LogP contribution in [0.5, 0.6) is 0 Å². The summed E-state index contributed by atoms with van der Waals surface area (Å²) < 4.78 is 28.1. The molecule has 30 heavy (non-hydrogen) atoms. The Kier molecular flexibility index (Phi) is 10.1. The molecule has 2 atom stereocenters. The third kappa shape index (κ3) is 7.28. The van der Waals surface area contributed by atoms with Crippen molar-refractivity contribution in [1.29, 1.82) is 0 Å². The van der Waals surface area contributed by atoms with E-state index < -0.39 is 16.1 Å². The van der Waals surface area contributed by atoms with Gasteiger partial charge in [-0.05, 0) is 49.8 Å². The summed E-state index contributed by atoms with van der Waals surface area (Å²) in [6, 6.07) is 7.23. The second-order valence-electron chi connectivity index (χ2n) is 7.54. The fourth-order valence-electron chi connectivity index (χ4n) is 3.47. The molecule has 2 unspecified atom stereocenters. The molecular formula is C21H33N3O4S2. The molecule has 0 aliphatic carbocycles. The standard InChI is InChI=1S/C21H33N3O4S2/c1-3-4-13-22-20(25)17-9-8-14-24(16-17)21(26)19(12-15-29-2)23-30(27,28)18-10-6-5-7-11-18/h5-7,10-11,17,19,23H,3-4,8-9,12-16H2,1-2H3,(H,22,25). The second kappa shape index (κ2) is 12.3. The van der Waals surface area contributed by atoms with Crippen molar-refractivity contribution in [1.82, 2.24) is 14.9 Å². The minimum absolute atomic E-state index is 0.0218. The third-order valence-corrected chi connectivity index (χ3v) is 7.32. The van der Waals surface area contributed by atoms with Crippen molar-refractivity contribution < 1.29 is 18.0 Å². The Balaban J connectivity index is 2.07. The fourth-order valence-corrected chi connectivity index (χ4v) is 5.18. The predicted octanol–water partition coefficient (Wildman–Crippen LogP) is 2.24. The number of amides is 2. The number of likely N-dealkylation sites (tertiary alicyclic amines) is 1. The predicted molar refractivity (Wildman–Crippen MR) is 121 cm³/mol. The molecule has 0 bridgehead atoms. The van der Waals surface area contributed by atoms with Gasteiger partial charge < -0.3 is 10.2 Å². The van der Waals surface area contributed by atoms with Crippen LogP contribution in [0.15, 0.2) is 35.2 Å². The van der Waals surface area contributed by atoms with Gasteiger partial charge in [0.15, 0.2) is 0 Å². The molecule has 0 aromatic heterocycles. The van der Waals surface area contributed by atoms with Crippen LogP contribution in [0.25, 0.3) is 0 Å². The lowest BCUT2D eigenvalue weighted by molar-refractivity contribution is -0.137. The number of hydrogen-bond donors (Lipinski definition) is 2. The normalized spacial score (nSPS) is 18.1. The van der Waals surface area contributed by atoms with Gasteiger partial charge in [0.05, 0.1) is 10.8 Å². The molecule has 1 aromatic carbocycles. The summed E-state index contributed by atoms with van der Waals surface area (Å²) in [5, 5.41) is 2.94. The number of nitrogens with zero attached hydrogens (tertiary/aromatic N) is 1. The highest BCUT2D eigenvalue weighted by Crippen LogP contribution is 2.19. The average Bonchev–Trinajstić information content (AvgIpc) is 2.77. The van der Waals surface area contributed by atoms with Crippen molar-refractivity contribution >= 4 is 33.6 Å². The quantitative estimate of drug-likeness (QED) is 0.499. The van der Waals surface area contributed by atoms with Crippen LogP contribution in [-0.2, 0) is 19.6 Å². The van der Waals surface area contributed by atoms with Crippen LogP contribution in [0.2, 0.25) is 0 Å². The number of piperidine rings is 1. The number of sulfonamides is 1. The number of benzene rings is 1. The molecule has 1 saturated heterocycles. The fraction of sp³-hybridized carbons (Fsp3) is 0.619. The van der Waals surface area contributed by atoms with E-state index in [2.05, 4.69) is 17.0 Å². The molecule has 2 N–H and O–H groups in total. The number of carbonyl (C=O) groups is 2. The van der Waals surface area contributed by atoms with E-state index in [9.17, 15) is 18.0 Å². The van der Waals surface area contributed by atoms with Crippen molar-refractivity contribution in [2.75, 3.05) is 31.6 Å². The first-order chi connectivity index (χ1) is 14.4. The zero-order valence-electron chi connectivity index (χ0n) is 17.8. The van der Waals surface area contributed by atoms with Gasteiger partial charge in [-0.25, -0.2) is 8.42 Å². The van der Waals surface area contributed by atoms with Crippen LogP contribution in [0.1, 0.15) is 39.0 Å².